The Morgan fingerprint density at radius 1 is 1.47 bits per heavy atom. The highest BCUT2D eigenvalue weighted by Gasteiger charge is 2.45. The number of nitrogens with one attached hydrogen (secondary N) is 1. The van der Waals surface area contributed by atoms with E-state index in [1.807, 2.05) is 11.6 Å². The monoisotopic (exact) mass is 233 g/mol. The first-order valence-corrected chi connectivity index (χ1v) is 6.49. The first-order valence-electron chi connectivity index (χ1n) is 5.09. The third-order valence-corrected chi connectivity index (χ3v) is 4.01. The molecule has 0 heterocycles. The highest BCUT2D eigenvalue weighted by Crippen LogP contribution is 2.40. The molecule has 1 N–H and O–H groups in total. The van der Waals surface area contributed by atoms with E-state index in [0.29, 0.717) is 0 Å². The second-order valence-corrected chi connectivity index (χ2v) is 6.05. The molecule has 2 rings (SSSR count). The van der Waals surface area contributed by atoms with Crippen molar-refractivity contribution in [2.45, 2.75) is 38.7 Å². The average Bonchev–Trinajstić information content (AvgIpc) is 2.90. The van der Waals surface area contributed by atoms with Gasteiger partial charge in [0.1, 0.15) is 0 Å². The van der Waals surface area contributed by atoms with Crippen LogP contribution in [0.4, 0.5) is 0 Å². The minimum Gasteiger partial charge on any atom is -0.274 e. The van der Waals surface area contributed by atoms with Crippen LogP contribution in [0.1, 0.15) is 33.1 Å². The summed E-state index contributed by atoms with van der Waals surface area (Å²) in [6, 6.07) is 0. The zero-order chi connectivity index (χ0) is 11.3. The van der Waals surface area contributed by atoms with Crippen LogP contribution in [-0.2, 0) is 19.3 Å². The van der Waals surface area contributed by atoms with Gasteiger partial charge in [-0.05, 0) is 32.1 Å². The Morgan fingerprint density at radius 2 is 2.00 bits per heavy atom. The van der Waals surface area contributed by atoms with Crippen molar-refractivity contribution in [3.8, 4) is 0 Å². The molecular weight excluding hydrogens is 218 g/mol. The van der Waals surface area contributed by atoms with Gasteiger partial charge in [-0.1, -0.05) is 6.92 Å². The molecule has 0 spiro atoms. The average molecular weight is 233 g/mol. The van der Waals surface area contributed by atoms with Crippen molar-refractivity contribution in [1.29, 1.82) is 0 Å². The Kier molecular flexibility index (Phi) is 2.31. The molecule has 0 radical (unpaired) electrons. The third kappa shape index (κ3) is 2.69. The minimum absolute atomic E-state index is 0.157. The Labute approximate surface area is 89.4 Å². The fraction of sp³-hybridized carbons (Fsp3) is 0.889. The van der Waals surface area contributed by atoms with Crippen LogP contribution in [0.3, 0.4) is 0 Å². The minimum atomic E-state index is -3.90. The van der Waals surface area contributed by atoms with Crippen LogP contribution in [0.15, 0.2) is 0 Å². The van der Waals surface area contributed by atoms with E-state index in [9.17, 15) is 13.2 Å². The van der Waals surface area contributed by atoms with Crippen LogP contribution in [0.5, 0.6) is 0 Å². The molecule has 5 nitrogen and oxygen atoms in total. The summed E-state index contributed by atoms with van der Waals surface area (Å²) in [6.07, 6.45) is 2.21. The number of hydrogen-bond donors (Lipinski definition) is 1. The summed E-state index contributed by atoms with van der Waals surface area (Å²) in [5, 5.41) is 0. The number of amides is 1. The van der Waals surface area contributed by atoms with Crippen molar-refractivity contribution in [3.63, 3.8) is 0 Å². The standard InChI is InChI=1S/C9H15NO4S/c1-6-5-7(6)8(11)10-15(12,13)14-9(2)3-4-9/h6-7H,3-5H2,1-2H3,(H,10,11)/t6-,7+/m1/s1. The van der Waals surface area contributed by atoms with E-state index in [1.165, 1.54) is 0 Å². The molecule has 6 heteroatoms. The largest absolute Gasteiger partial charge is 0.362 e. The molecule has 2 fully saturated rings. The lowest BCUT2D eigenvalue weighted by molar-refractivity contribution is -0.120. The highest BCUT2D eigenvalue weighted by atomic mass is 32.2. The fourth-order valence-electron chi connectivity index (χ4n) is 1.43. The summed E-state index contributed by atoms with van der Waals surface area (Å²) in [4.78, 5) is 11.4. The Hall–Kier alpha value is -0.620. The summed E-state index contributed by atoms with van der Waals surface area (Å²) in [5.74, 6) is -0.307. The molecule has 0 aromatic rings. The maximum absolute atomic E-state index is 11.4. The predicted molar refractivity (Wildman–Crippen MR) is 53.1 cm³/mol. The maximum atomic E-state index is 11.4. The van der Waals surface area contributed by atoms with Gasteiger partial charge in [0, 0.05) is 5.92 Å². The lowest BCUT2D eigenvalue weighted by Gasteiger charge is -2.11. The van der Waals surface area contributed by atoms with Gasteiger partial charge in [-0.25, -0.2) is 8.91 Å². The van der Waals surface area contributed by atoms with Crippen LogP contribution in [0, 0.1) is 11.8 Å². The van der Waals surface area contributed by atoms with E-state index in [2.05, 4.69) is 0 Å². The van der Waals surface area contributed by atoms with E-state index in [1.54, 1.807) is 6.92 Å². The summed E-state index contributed by atoms with van der Waals surface area (Å²) in [7, 11) is -3.90. The van der Waals surface area contributed by atoms with Gasteiger partial charge in [-0.3, -0.25) is 4.79 Å². The van der Waals surface area contributed by atoms with Crippen molar-refractivity contribution in [3.05, 3.63) is 0 Å². The van der Waals surface area contributed by atoms with E-state index in [0.717, 1.165) is 19.3 Å². The normalized spacial score (nSPS) is 32.1. The molecule has 2 aliphatic carbocycles. The third-order valence-electron chi connectivity index (χ3n) is 2.94. The molecule has 0 unspecified atom stereocenters. The Bertz CT molecular complexity index is 385. The maximum Gasteiger partial charge on any atom is 0.362 e. The summed E-state index contributed by atoms with van der Waals surface area (Å²) < 4.78 is 29.6. The fourth-order valence-corrected chi connectivity index (χ4v) is 2.57. The molecule has 0 aromatic heterocycles. The van der Waals surface area contributed by atoms with Crippen LogP contribution >= 0.6 is 0 Å². The highest BCUT2D eigenvalue weighted by molar-refractivity contribution is 7.85. The Balaban J connectivity index is 1.89. The summed E-state index contributed by atoms with van der Waals surface area (Å²) in [5.41, 5.74) is -0.582. The zero-order valence-corrected chi connectivity index (χ0v) is 9.63. The molecule has 0 saturated heterocycles. The zero-order valence-electron chi connectivity index (χ0n) is 8.82. The number of carbonyl (C=O) groups excluding carboxylic acids is 1. The van der Waals surface area contributed by atoms with Gasteiger partial charge in [0.25, 0.3) is 0 Å². The van der Waals surface area contributed by atoms with Crippen LogP contribution < -0.4 is 4.72 Å². The van der Waals surface area contributed by atoms with E-state index >= 15 is 0 Å². The molecule has 2 aliphatic rings. The molecule has 15 heavy (non-hydrogen) atoms. The molecule has 2 saturated carbocycles. The number of hydrogen-bond acceptors (Lipinski definition) is 4. The van der Waals surface area contributed by atoms with Gasteiger partial charge in [0.2, 0.25) is 5.91 Å². The summed E-state index contributed by atoms with van der Waals surface area (Å²) >= 11 is 0. The topological polar surface area (TPSA) is 72.5 Å². The summed E-state index contributed by atoms with van der Waals surface area (Å²) in [6.45, 7) is 3.64. The lowest BCUT2D eigenvalue weighted by Crippen LogP contribution is -2.35. The number of carbonyl (C=O) groups is 1. The van der Waals surface area contributed by atoms with Crippen LogP contribution in [0.25, 0.3) is 0 Å². The van der Waals surface area contributed by atoms with Gasteiger partial charge >= 0.3 is 10.3 Å². The van der Waals surface area contributed by atoms with Crippen molar-refractivity contribution in [2.75, 3.05) is 0 Å². The SMILES string of the molecule is C[C@@H]1C[C@@H]1C(=O)NS(=O)(=O)OC1(C)CC1. The molecule has 2 atom stereocenters. The van der Waals surface area contributed by atoms with Crippen molar-refractivity contribution < 1.29 is 17.4 Å². The number of rotatable bonds is 4. The first-order chi connectivity index (χ1) is 6.81. The van der Waals surface area contributed by atoms with Crippen LogP contribution in [0.2, 0.25) is 0 Å². The Morgan fingerprint density at radius 3 is 2.40 bits per heavy atom. The van der Waals surface area contributed by atoms with E-state index in [4.69, 9.17) is 4.18 Å². The van der Waals surface area contributed by atoms with Crippen molar-refractivity contribution in [1.82, 2.24) is 4.72 Å². The molecule has 86 valence electrons. The van der Waals surface area contributed by atoms with Crippen molar-refractivity contribution >= 4 is 16.2 Å². The quantitative estimate of drug-likeness (QED) is 0.770. The van der Waals surface area contributed by atoms with E-state index < -0.39 is 21.8 Å². The molecule has 0 aromatic carbocycles. The van der Waals surface area contributed by atoms with Gasteiger partial charge in [-0.15, -0.1) is 0 Å². The van der Waals surface area contributed by atoms with Gasteiger partial charge in [0.15, 0.2) is 0 Å². The first kappa shape index (κ1) is 10.9. The predicted octanol–water partition coefficient (Wildman–Crippen LogP) is 0.572. The van der Waals surface area contributed by atoms with Gasteiger partial charge in [0.05, 0.1) is 5.60 Å². The lowest BCUT2D eigenvalue weighted by atomic mass is 10.3. The molecule has 0 bridgehead atoms. The second-order valence-electron chi connectivity index (χ2n) is 4.77. The smallest absolute Gasteiger partial charge is 0.274 e. The van der Waals surface area contributed by atoms with E-state index in [-0.39, 0.29) is 11.8 Å². The molecule has 0 aliphatic heterocycles. The molecular formula is C9H15NO4S. The van der Waals surface area contributed by atoms with Crippen molar-refractivity contribution in [2.24, 2.45) is 11.8 Å². The molecule has 1 amide bonds. The van der Waals surface area contributed by atoms with Crippen LogP contribution in [-0.4, -0.2) is 19.9 Å². The van der Waals surface area contributed by atoms with Gasteiger partial charge in [-0.2, -0.15) is 8.42 Å². The second kappa shape index (κ2) is 3.18. The van der Waals surface area contributed by atoms with Gasteiger partial charge < -0.3 is 0 Å².